The monoisotopic (exact) mass is 176 g/mol. The van der Waals surface area contributed by atoms with Crippen molar-refractivity contribution in [1.82, 2.24) is 0 Å². The number of nitrogens with one attached hydrogen (secondary N) is 1. The van der Waals surface area contributed by atoms with Crippen LogP contribution < -0.4 is 5.32 Å². The molecule has 0 atom stereocenters. The number of carbonyl (C=O) groups is 1. The van der Waals surface area contributed by atoms with Gasteiger partial charge >= 0.3 is 6.09 Å². The van der Waals surface area contributed by atoms with Crippen molar-refractivity contribution in [2.45, 2.75) is 0 Å². The SMILES string of the molecule is N#CCOC(=O)Nc1ccccc1. The zero-order valence-electron chi connectivity index (χ0n) is 6.86. The molecule has 4 nitrogen and oxygen atoms in total. The van der Waals surface area contributed by atoms with Crippen LogP contribution in [0.3, 0.4) is 0 Å². The van der Waals surface area contributed by atoms with Gasteiger partial charge in [0.2, 0.25) is 0 Å². The van der Waals surface area contributed by atoms with E-state index in [-0.39, 0.29) is 6.61 Å². The van der Waals surface area contributed by atoms with E-state index in [1.165, 1.54) is 0 Å². The van der Waals surface area contributed by atoms with Gasteiger partial charge in [0.05, 0.1) is 0 Å². The van der Waals surface area contributed by atoms with Gasteiger partial charge in [-0.3, -0.25) is 5.32 Å². The largest absolute Gasteiger partial charge is 0.434 e. The highest BCUT2D eigenvalue weighted by atomic mass is 16.5. The lowest BCUT2D eigenvalue weighted by Crippen LogP contribution is -2.13. The number of hydrogen-bond acceptors (Lipinski definition) is 3. The third kappa shape index (κ3) is 3.25. The first-order valence-corrected chi connectivity index (χ1v) is 3.68. The fourth-order valence-electron chi connectivity index (χ4n) is 0.773. The summed E-state index contributed by atoms with van der Waals surface area (Å²) in [6.07, 6.45) is -0.618. The molecule has 0 aromatic heterocycles. The van der Waals surface area contributed by atoms with Crippen LogP contribution in [0.25, 0.3) is 0 Å². The molecule has 1 N–H and O–H groups in total. The molecule has 0 radical (unpaired) electrons. The number of para-hydroxylation sites is 1. The fraction of sp³-hybridized carbons (Fsp3) is 0.111. The molecule has 1 aromatic carbocycles. The summed E-state index contributed by atoms with van der Waals surface area (Å²) in [6.45, 7) is -0.237. The minimum Gasteiger partial charge on any atom is -0.434 e. The molecule has 1 rings (SSSR count). The Morgan fingerprint density at radius 3 is 2.77 bits per heavy atom. The van der Waals surface area contributed by atoms with Gasteiger partial charge in [-0.25, -0.2) is 4.79 Å². The van der Waals surface area contributed by atoms with Crippen LogP contribution in [-0.2, 0) is 4.74 Å². The molecule has 0 aliphatic heterocycles. The standard InChI is InChI=1S/C9H8N2O2/c10-6-7-13-9(12)11-8-4-2-1-3-5-8/h1-5H,7H2,(H,11,12). The highest BCUT2D eigenvalue weighted by molar-refractivity contribution is 5.84. The number of ether oxygens (including phenoxy) is 1. The molecule has 66 valence electrons. The van der Waals surface area contributed by atoms with Crippen molar-refractivity contribution in [3.05, 3.63) is 30.3 Å². The molecule has 0 heterocycles. The van der Waals surface area contributed by atoms with Gasteiger partial charge in [-0.05, 0) is 12.1 Å². The molecule has 0 saturated heterocycles. The summed E-state index contributed by atoms with van der Waals surface area (Å²) < 4.78 is 4.48. The van der Waals surface area contributed by atoms with E-state index >= 15 is 0 Å². The van der Waals surface area contributed by atoms with Gasteiger partial charge in [0.25, 0.3) is 0 Å². The highest BCUT2D eigenvalue weighted by Crippen LogP contribution is 2.04. The van der Waals surface area contributed by atoms with E-state index < -0.39 is 6.09 Å². The summed E-state index contributed by atoms with van der Waals surface area (Å²) >= 11 is 0. The van der Waals surface area contributed by atoms with Crippen LogP contribution in [0.15, 0.2) is 30.3 Å². The van der Waals surface area contributed by atoms with Gasteiger partial charge in [0.15, 0.2) is 6.61 Å². The predicted octanol–water partition coefficient (Wildman–Crippen LogP) is 1.76. The summed E-state index contributed by atoms with van der Waals surface area (Å²) in [5.41, 5.74) is 0.644. The van der Waals surface area contributed by atoms with Crippen LogP contribution in [0.5, 0.6) is 0 Å². The first-order valence-electron chi connectivity index (χ1n) is 3.68. The lowest BCUT2D eigenvalue weighted by molar-refractivity contribution is 0.175. The number of hydrogen-bond donors (Lipinski definition) is 1. The van der Waals surface area contributed by atoms with E-state index in [1.807, 2.05) is 6.07 Å². The number of anilines is 1. The van der Waals surface area contributed by atoms with E-state index in [9.17, 15) is 4.79 Å². The fourth-order valence-corrected chi connectivity index (χ4v) is 0.773. The highest BCUT2D eigenvalue weighted by Gasteiger charge is 2.00. The molecule has 1 amide bonds. The van der Waals surface area contributed by atoms with Crippen molar-refractivity contribution in [3.63, 3.8) is 0 Å². The lowest BCUT2D eigenvalue weighted by Gasteiger charge is -2.02. The quantitative estimate of drug-likeness (QED) is 0.746. The lowest BCUT2D eigenvalue weighted by atomic mass is 10.3. The van der Waals surface area contributed by atoms with E-state index in [4.69, 9.17) is 5.26 Å². The number of carbonyl (C=O) groups excluding carboxylic acids is 1. The first-order chi connectivity index (χ1) is 6.33. The Morgan fingerprint density at radius 1 is 1.46 bits per heavy atom. The topological polar surface area (TPSA) is 62.1 Å². The predicted molar refractivity (Wildman–Crippen MR) is 47.0 cm³/mol. The molecule has 0 unspecified atom stereocenters. The molecule has 13 heavy (non-hydrogen) atoms. The summed E-state index contributed by atoms with van der Waals surface area (Å²) in [5.74, 6) is 0. The van der Waals surface area contributed by atoms with E-state index in [2.05, 4.69) is 10.1 Å². The van der Waals surface area contributed by atoms with Crippen LogP contribution >= 0.6 is 0 Å². The molecular weight excluding hydrogens is 168 g/mol. The van der Waals surface area contributed by atoms with Crippen molar-refractivity contribution < 1.29 is 9.53 Å². The van der Waals surface area contributed by atoms with Crippen LogP contribution in [-0.4, -0.2) is 12.7 Å². The summed E-state index contributed by atoms with van der Waals surface area (Å²) in [5, 5.41) is 10.6. The Hall–Kier alpha value is -2.02. The van der Waals surface area contributed by atoms with Crippen LogP contribution in [0.1, 0.15) is 0 Å². The Bertz CT molecular complexity index is 316. The third-order valence-electron chi connectivity index (χ3n) is 1.29. The van der Waals surface area contributed by atoms with Gasteiger partial charge in [-0.15, -0.1) is 0 Å². The van der Waals surface area contributed by atoms with E-state index in [0.717, 1.165) is 0 Å². The van der Waals surface area contributed by atoms with Crippen LogP contribution in [0.2, 0.25) is 0 Å². The van der Waals surface area contributed by atoms with E-state index in [0.29, 0.717) is 5.69 Å². The maximum atomic E-state index is 10.9. The van der Waals surface area contributed by atoms with E-state index in [1.54, 1.807) is 30.3 Å². The van der Waals surface area contributed by atoms with Crippen molar-refractivity contribution in [1.29, 1.82) is 5.26 Å². The molecular formula is C9H8N2O2. The molecule has 0 fully saturated rings. The maximum absolute atomic E-state index is 10.9. The Kier molecular flexibility index (Phi) is 3.33. The molecule has 0 aliphatic carbocycles. The maximum Gasteiger partial charge on any atom is 0.412 e. The number of nitrogens with zero attached hydrogens (tertiary/aromatic N) is 1. The minimum absolute atomic E-state index is 0.237. The van der Waals surface area contributed by atoms with Crippen LogP contribution in [0.4, 0.5) is 10.5 Å². The smallest absolute Gasteiger partial charge is 0.412 e. The number of nitriles is 1. The third-order valence-corrected chi connectivity index (χ3v) is 1.29. The average molecular weight is 176 g/mol. The summed E-state index contributed by atoms with van der Waals surface area (Å²) in [4.78, 5) is 10.9. The normalized spacial score (nSPS) is 8.54. The molecule has 1 aromatic rings. The van der Waals surface area contributed by atoms with Gasteiger partial charge < -0.3 is 4.74 Å². The Labute approximate surface area is 75.7 Å². The molecule has 0 aliphatic rings. The number of rotatable bonds is 2. The number of benzene rings is 1. The second kappa shape index (κ2) is 4.78. The van der Waals surface area contributed by atoms with Crippen molar-refractivity contribution in [3.8, 4) is 6.07 Å². The zero-order valence-corrected chi connectivity index (χ0v) is 6.86. The second-order valence-electron chi connectivity index (χ2n) is 2.23. The minimum atomic E-state index is -0.618. The molecule has 0 bridgehead atoms. The molecule has 0 spiro atoms. The Balaban J connectivity index is 2.42. The van der Waals surface area contributed by atoms with Gasteiger partial charge in [0.1, 0.15) is 6.07 Å². The summed E-state index contributed by atoms with van der Waals surface area (Å²) in [7, 11) is 0. The van der Waals surface area contributed by atoms with Crippen molar-refractivity contribution in [2.75, 3.05) is 11.9 Å². The average Bonchev–Trinajstić information content (AvgIpc) is 2.16. The van der Waals surface area contributed by atoms with Crippen molar-refractivity contribution >= 4 is 11.8 Å². The second-order valence-corrected chi connectivity index (χ2v) is 2.23. The van der Waals surface area contributed by atoms with Crippen LogP contribution in [0, 0.1) is 11.3 Å². The van der Waals surface area contributed by atoms with Crippen molar-refractivity contribution in [2.24, 2.45) is 0 Å². The molecule has 4 heteroatoms. The summed E-state index contributed by atoms with van der Waals surface area (Å²) in [6, 6.07) is 10.6. The van der Waals surface area contributed by atoms with Gasteiger partial charge in [0, 0.05) is 5.69 Å². The first kappa shape index (κ1) is 9.07. The van der Waals surface area contributed by atoms with Gasteiger partial charge in [-0.2, -0.15) is 5.26 Å². The molecule has 0 saturated carbocycles. The Morgan fingerprint density at radius 2 is 2.15 bits per heavy atom. The zero-order chi connectivity index (χ0) is 9.52. The number of amides is 1. The van der Waals surface area contributed by atoms with Gasteiger partial charge in [-0.1, -0.05) is 18.2 Å².